The van der Waals surface area contributed by atoms with Gasteiger partial charge in [0.25, 0.3) is 0 Å². The van der Waals surface area contributed by atoms with Crippen LogP contribution in [0.25, 0.3) is 0 Å². The molecule has 0 aliphatic carbocycles. The van der Waals surface area contributed by atoms with E-state index in [0.29, 0.717) is 17.0 Å². The number of hydrogen-bond acceptors (Lipinski definition) is 4. The van der Waals surface area contributed by atoms with E-state index >= 15 is 0 Å². The third-order valence-electron chi connectivity index (χ3n) is 3.42. The Kier molecular flexibility index (Phi) is 4.99. The number of nitrogens with zero attached hydrogens (tertiary/aromatic N) is 3. The second-order valence-corrected chi connectivity index (χ2v) is 6.08. The van der Waals surface area contributed by atoms with Gasteiger partial charge in [-0.25, -0.2) is 9.97 Å². The van der Waals surface area contributed by atoms with E-state index in [4.69, 9.17) is 11.6 Å². The van der Waals surface area contributed by atoms with Crippen LogP contribution in [0.5, 0.6) is 0 Å². The average molecular weight is 283 g/mol. The van der Waals surface area contributed by atoms with Crippen LogP contribution in [-0.2, 0) is 0 Å². The predicted octanol–water partition coefficient (Wildman–Crippen LogP) is 2.97. The summed E-state index contributed by atoms with van der Waals surface area (Å²) < 4.78 is 0. The van der Waals surface area contributed by atoms with Crippen molar-refractivity contribution in [2.75, 3.05) is 25.0 Å². The molecule has 1 aromatic rings. The molecule has 1 fully saturated rings. The molecule has 1 aliphatic heterocycles. The van der Waals surface area contributed by atoms with Crippen LogP contribution in [0.2, 0.25) is 5.15 Å². The molecular formula is C14H23ClN4. The van der Waals surface area contributed by atoms with Crippen LogP contribution in [0.3, 0.4) is 0 Å². The van der Waals surface area contributed by atoms with Gasteiger partial charge in [0, 0.05) is 25.2 Å². The van der Waals surface area contributed by atoms with Crippen molar-refractivity contribution < 1.29 is 0 Å². The molecular weight excluding hydrogens is 260 g/mol. The molecule has 0 bridgehead atoms. The fraction of sp³-hybridized carbons (Fsp3) is 0.714. The summed E-state index contributed by atoms with van der Waals surface area (Å²) in [6.45, 7) is 9.73. The minimum Gasteiger partial charge on any atom is -0.368 e. The first-order valence-electron chi connectivity index (χ1n) is 7.03. The lowest BCUT2D eigenvalue weighted by molar-refractivity contribution is 0.234. The molecule has 2 rings (SSSR count). The number of aromatic nitrogens is 2. The highest BCUT2D eigenvalue weighted by Gasteiger charge is 2.24. The molecule has 4 nitrogen and oxygen atoms in total. The van der Waals surface area contributed by atoms with Gasteiger partial charge in [-0.2, -0.15) is 0 Å². The van der Waals surface area contributed by atoms with E-state index in [0.717, 1.165) is 18.3 Å². The molecule has 0 unspecified atom stereocenters. The van der Waals surface area contributed by atoms with E-state index < -0.39 is 0 Å². The zero-order valence-corrected chi connectivity index (χ0v) is 12.7. The first-order valence-corrected chi connectivity index (χ1v) is 7.41. The summed E-state index contributed by atoms with van der Waals surface area (Å²) in [5.74, 6) is 2.26. The Morgan fingerprint density at radius 3 is 2.95 bits per heavy atom. The van der Waals surface area contributed by atoms with Gasteiger partial charge in [-0.15, -0.1) is 0 Å². The average Bonchev–Trinajstić information content (AvgIpc) is 2.71. The Morgan fingerprint density at radius 1 is 1.47 bits per heavy atom. The second-order valence-electron chi connectivity index (χ2n) is 5.69. The summed E-state index contributed by atoms with van der Waals surface area (Å²) in [7, 11) is 0. The molecule has 0 aromatic carbocycles. The first kappa shape index (κ1) is 14.5. The quantitative estimate of drug-likeness (QED) is 0.843. The highest BCUT2D eigenvalue weighted by Crippen LogP contribution is 2.19. The summed E-state index contributed by atoms with van der Waals surface area (Å²) in [6, 6.07) is 2.40. The smallest absolute Gasteiger partial charge is 0.134 e. The Morgan fingerprint density at radius 2 is 2.26 bits per heavy atom. The van der Waals surface area contributed by atoms with Crippen molar-refractivity contribution in [1.29, 1.82) is 0 Å². The highest BCUT2D eigenvalue weighted by atomic mass is 35.5. The number of rotatable bonds is 5. The van der Waals surface area contributed by atoms with E-state index in [1.54, 1.807) is 6.07 Å². The molecule has 2 heterocycles. The number of likely N-dealkylation sites (tertiary alicyclic amines) is 1. The van der Waals surface area contributed by atoms with Crippen molar-refractivity contribution in [3.63, 3.8) is 0 Å². The third kappa shape index (κ3) is 4.32. The van der Waals surface area contributed by atoms with E-state index in [1.807, 2.05) is 6.92 Å². The van der Waals surface area contributed by atoms with Gasteiger partial charge in [-0.1, -0.05) is 25.4 Å². The van der Waals surface area contributed by atoms with Crippen molar-refractivity contribution in [3.05, 3.63) is 17.0 Å². The zero-order chi connectivity index (χ0) is 13.8. The van der Waals surface area contributed by atoms with E-state index in [9.17, 15) is 0 Å². The summed E-state index contributed by atoms with van der Waals surface area (Å²) in [6.07, 6.45) is 2.56. The lowest BCUT2D eigenvalue weighted by Crippen LogP contribution is -2.37. The summed E-state index contributed by atoms with van der Waals surface area (Å²) in [5.41, 5.74) is 0. The van der Waals surface area contributed by atoms with Crippen molar-refractivity contribution in [2.45, 2.75) is 39.7 Å². The van der Waals surface area contributed by atoms with Crippen LogP contribution in [0.15, 0.2) is 6.07 Å². The first-order chi connectivity index (χ1) is 9.04. The monoisotopic (exact) mass is 282 g/mol. The maximum Gasteiger partial charge on any atom is 0.134 e. The van der Waals surface area contributed by atoms with Crippen molar-refractivity contribution in [1.82, 2.24) is 14.9 Å². The predicted molar refractivity (Wildman–Crippen MR) is 79.7 cm³/mol. The Labute approximate surface area is 120 Å². The molecule has 1 N–H and O–H groups in total. The molecule has 19 heavy (non-hydrogen) atoms. The number of aryl methyl sites for hydroxylation is 1. The summed E-state index contributed by atoms with van der Waals surface area (Å²) in [5, 5.41) is 3.89. The van der Waals surface area contributed by atoms with Gasteiger partial charge in [0.05, 0.1) is 0 Å². The van der Waals surface area contributed by atoms with Crippen LogP contribution in [-0.4, -0.2) is 40.5 Å². The number of halogens is 1. The van der Waals surface area contributed by atoms with Crippen molar-refractivity contribution in [2.24, 2.45) is 5.92 Å². The molecule has 1 aliphatic rings. The maximum absolute atomic E-state index is 5.94. The van der Waals surface area contributed by atoms with E-state index in [-0.39, 0.29) is 0 Å². The largest absolute Gasteiger partial charge is 0.368 e. The fourth-order valence-electron chi connectivity index (χ4n) is 2.68. The van der Waals surface area contributed by atoms with Gasteiger partial charge >= 0.3 is 0 Å². The molecule has 0 saturated carbocycles. The topological polar surface area (TPSA) is 41.1 Å². The van der Waals surface area contributed by atoms with Crippen LogP contribution >= 0.6 is 11.6 Å². The lowest BCUT2D eigenvalue weighted by Gasteiger charge is -2.26. The van der Waals surface area contributed by atoms with E-state index in [2.05, 4.69) is 34.0 Å². The molecule has 0 amide bonds. The second kappa shape index (κ2) is 6.53. The minimum atomic E-state index is 0.500. The highest BCUT2D eigenvalue weighted by molar-refractivity contribution is 6.29. The van der Waals surface area contributed by atoms with Crippen molar-refractivity contribution >= 4 is 17.4 Å². The fourth-order valence-corrected chi connectivity index (χ4v) is 2.91. The van der Waals surface area contributed by atoms with Gasteiger partial charge < -0.3 is 5.32 Å². The van der Waals surface area contributed by atoms with Crippen molar-refractivity contribution in [3.8, 4) is 0 Å². The van der Waals surface area contributed by atoms with Gasteiger partial charge in [0.1, 0.15) is 16.8 Å². The Balaban J connectivity index is 1.90. The standard InChI is InChI=1S/C14H23ClN4/c1-10(2)9-19-6-4-5-12(19)8-16-14-7-13(15)17-11(3)18-14/h7,10,12H,4-6,8-9H2,1-3H3,(H,16,17,18)/t12-/m0/s1. The Hall–Kier alpha value is -0.870. The number of hydrogen-bond donors (Lipinski definition) is 1. The molecule has 1 atom stereocenters. The molecule has 5 heteroatoms. The summed E-state index contributed by atoms with van der Waals surface area (Å²) >= 11 is 5.94. The number of nitrogens with one attached hydrogen (secondary N) is 1. The lowest BCUT2D eigenvalue weighted by atomic mass is 10.1. The number of anilines is 1. The van der Waals surface area contributed by atoms with Gasteiger partial charge in [0.2, 0.25) is 0 Å². The molecule has 106 valence electrons. The molecule has 0 spiro atoms. The van der Waals surface area contributed by atoms with Gasteiger partial charge in [0.15, 0.2) is 0 Å². The summed E-state index contributed by atoms with van der Waals surface area (Å²) in [4.78, 5) is 11.0. The normalized spacial score (nSPS) is 20.2. The van der Waals surface area contributed by atoms with Crippen LogP contribution in [0, 0.1) is 12.8 Å². The minimum absolute atomic E-state index is 0.500. The van der Waals surface area contributed by atoms with Crippen LogP contribution in [0.4, 0.5) is 5.82 Å². The van der Waals surface area contributed by atoms with Crippen LogP contribution < -0.4 is 5.32 Å². The van der Waals surface area contributed by atoms with Crippen LogP contribution in [0.1, 0.15) is 32.5 Å². The molecule has 0 radical (unpaired) electrons. The molecule has 1 aromatic heterocycles. The van der Waals surface area contributed by atoms with Gasteiger partial charge in [-0.05, 0) is 32.2 Å². The maximum atomic E-state index is 5.94. The third-order valence-corrected chi connectivity index (χ3v) is 3.62. The Bertz CT molecular complexity index is 402. The van der Waals surface area contributed by atoms with Gasteiger partial charge in [-0.3, -0.25) is 4.90 Å². The SMILES string of the molecule is Cc1nc(Cl)cc(NC[C@@H]2CCCN2CC(C)C)n1. The molecule has 1 saturated heterocycles. The zero-order valence-electron chi connectivity index (χ0n) is 12.0. The van der Waals surface area contributed by atoms with E-state index in [1.165, 1.54) is 25.9 Å².